The topological polar surface area (TPSA) is 47.1 Å². The Kier molecular flexibility index (Phi) is 4.10. The minimum Gasteiger partial charge on any atom is -0.338 e. The fourth-order valence-electron chi connectivity index (χ4n) is 1.35. The van der Waals surface area contributed by atoms with Crippen molar-refractivity contribution in [1.29, 1.82) is 0 Å². The van der Waals surface area contributed by atoms with Crippen molar-refractivity contribution in [3.05, 3.63) is 18.2 Å². The van der Waals surface area contributed by atoms with Gasteiger partial charge < -0.3 is 15.2 Å². The maximum atomic E-state index is 6.00. The monoisotopic (exact) mass is 196 g/mol. The molecule has 1 rings (SSSR count). The van der Waals surface area contributed by atoms with E-state index < -0.39 is 0 Å². The molecule has 0 aromatic carbocycles. The van der Waals surface area contributed by atoms with Crippen LogP contribution in [-0.4, -0.2) is 41.1 Å². The lowest BCUT2D eigenvalue weighted by molar-refractivity contribution is 0.377. The molecule has 1 aromatic heterocycles. The summed E-state index contributed by atoms with van der Waals surface area (Å²) in [5.74, 6) is 1.07. The summed E-state index contributed by atoms with van der Waals surface area (Å²) in [5.41, 5.74) is 6.00. The molecule has 0 aliphatic rings. The average molecular weight is 196 g/mol. The first-order chi connectivity index (χ1) is 6.59. The van der Waals surface area contributed by atoms with Crippen LogP contribution in [0.25, 0.3) is 0 Å². The van der Waals surface area contributed by atoms with Crippen LogP contribution in [0.5, 0.6) is 0 Å². The molecule has 1 heterocycles. The normalized spacial score (nSPS) is 13.5. The number of aromatic nitrogens is 2. The summed E-state index contributed by atoms with van der Waals surface area (Å²) in [7, 11) is 6.13. The van der Waals surface area contributed by atoms with Crippen molar-refractivity contribution >= 4 is 0 Å². The van der Waals surface area contributed by atoms with Gasteiger partial charge in [-0.05, 0) is 27.1 Å². The Bertz CT molecular complexity index is 267. The van der Waals surface area contributed by atoms with E-state index >= 15 is 0 Å². The first-order valence-corrected chi connectivity index (χ1v) is 4.96. The highest BCUT2D eigenvalue weighted by Gasteiger charge is 2.07. The van der Waals surface area contributed by atoms with Crippen LogP contribution in [0.3, 0.4) is 0 Å². The van der Waals surface area contributed by atoms with Gasteiger partial charge in [-0.25, -0.2) is 4.98 Å². The highest BCUT2D eigenvalue weighted by molar-refractivity contribution is 4.93. The zero-order chi connectivity index (χ0) is 10.6. The van der Waals surface area contributed by atoms with Crippen LogP contribution in [0.15, 0.2) is 12.4 Å². The number of imidazole rings is 1. The number of hydrogen-bond donors (Lipinski definition) is 1. The maximum absolute atomic E-state index is 6.00. The second kappa shape index (κ2) is 5.12. The molecule has 0 aliphatic heterocycles. The highest BCUT2D eigenvalue weighted by Crippen LogP contribution is 2.01. The Hall–Kier alpha value is -0.870. The number of rotatable bonds is 5. The summed E-state index contributed by atoms with van der Waals surface area (Å²) in [6, 6.07) is 0.207. The van der Waals surface area contributed by atoms with Crippen LogP contribution in [0.2, 0.25) is 0 Å². The second-order valence-corrected chi connectivity index (χ2v) is 4.01. The fraction of sp³-hybridized carbons (Fsp3) is 0.700. The van der Waals surface area contributed by atoms with Crippen molar-refractivity contribution in [3.63, 3.8) is 0 Å². The molecule has 1 atom stereocenters. The van der Waals surface area contributed by atoms with Crippen molar-refractivity contribution in [3.8, 4) is 0 Å². The largest absolute Gasteiger partial charge is 0.338 e. The van der Waals surface area contributed by atoms with E-state index in [9.17, 15) is 0 Å². The van der Waals surface area contributed by atoms with Crippen LogP contribution < -0.4 is 5.73 Å². The molecule has 4 nitrogen and oxygen atoms in total. The minimum atomic E-state index is 0.207. The molecule has 4 heteroatoms. The molecular formula is C10H20N4. The molecule has 80 valence electrons. The summed E-state index contributed by atoms with van der Waals surface area (Å²) < 4.78 is 2.02. The molecule has 0 saturated carbocycles. The first-order valence-electron chi connectivity index (χ1n) is 4.96. The Morgan fingerprint density at radius 3 is 2.79 bits per heavy atom. The van der Waals surface area contributed by atoms with Crippen LogP contribution in [0, 0.1) is 0 Å². The smallest absolute Gasteiger partial charge is 0.109 e. The first kappa shape index (κ1) is 11.2. The summed E-state index contributed by atoms with van der Waals surface area (Å²) in [4.78, 5) is 6.40. The van der Waals surface area contributed by atoms with Gasteiger partial charge in [-0.1, -0.05) is 0 Å². The van der Waals surface area contributed by atoms with Crippen LogP contribution in [-0.2, 0) is 13.5 Å². The molecular weight excluding hydrogens is 176 g/mol. The van der Waals surface area contributed by atoms with Gasteiger partial charge in [0.1, 0.15) is 5.82 Å². The Balaban J connectivity index is 2.34. The van der Waals surface area contributed by atoms with E-state index in [0.717, 1.165) is 25.2 Å². The van der Waals surface area contributed by atoms with Gasteiger partial charge in [0.2, 0.25) is 0 Å². The van der Waals surface area contributed by atoms with E-state index in [2.05, 4.69) is 24.0 Å². The number of nitrogens with zero attached hydrogens (tertiary/aromatic N) is 3. The zero-order valence-electron chi connectivity index (χ0n) is 9.27. The van der Waals surface area contributed by atoms with Crippen molar-refractivity contribution < 1.29 is 0 Å². The van der Waals surface area contributed by atoms with Gasteiger partial charge in [-0.15, -0.1) is 0 Å². The molecule has 0 amide bonds. The summed E-state index contributed by atoms with van der Waals surface area (Å²) >= 11 is 0. The summed E-state index contributed by atoms with van der Waals surface area (Å²) in [5, 5.41) is 0. The molecule has 1 unspecified atom stereocenters. The Labute approximate surface area is 85.7 Å². The second-order valence-electron chi connectivity index (χ2n) is 4.01. The molecule has 0 fully saturated rings. The lowest BCUT2D eigenvalue weighted by Crippen LogP contribution is -2.29. The third-order valence-electron chi connectivity index (χ3n) is 2.31. The van der Waals surface area contributed by atoms with E-state index in [1.165, 1.54) is 0 Å². The van der Waals surface area contributed by atoms with Crippen LogP contribution in [0.4, 0.5) is 0 Å². The molecule has 0 bridgehead atoms. The quantitative estimate of drug-likeness (QED) is 0.734. The van der Waals surface area contributed by atoms with E-state index in [-0.39, 0.29) is 6.04 Å². The van der Waals surface area contributed by atoms with Crippen molar-refractivity contribution in [1.82, 2.24) is 14.5 Å². The minimum absolute atomic E-state index is 0.207. The third-order valence-corrected chi connectivity index (χ3v) is 2.31. The van der Waals surface area contributed by atoms with E-state index in [1.807, 2.05) is 24.0 Å². The van der Waals surface area contributed by atoms with Gasteiger partial charge in [0.05, 0.1) is 0 Å². The maximum Gasteiger partial charge on any atom is 0.109 e. The number of nitrogens with two attached hydrogens (primary N) is 1. The zero-order valence-corrected chi connectivity index (χ0v) is 9.27. The van der Waals surface area contributed by atoms with E-state index in [4.69, 9.17) is 5.73 Å². The Morgan fingerprint density at radius 1 is 1.57 bits per heavy atom. The standard InChI is InChI=1S/C10H20N4/c1-13(2)6-4-9(11)8-10-12-5-7-14(10)3/h5,7,9H,4,6,8,11H2,1-3H3. The lowest BCUT2D eigenvalue weighted by atomic mass is 10.1. The van der Waals surface area contributed by atoms with Crippen molar-refractivity contribution in [2.24, 2.45) is 12.8 Å². The molecule has 0 aliphatic carbocycles. The third kappa shape index (κ3) is 3.47. The van der Waals surface area contributed by atoms with Crippen LogP contribution >= 0.6 is 0 Å². The van der Waals surface area contributed by atoms with Gasteiger partial charge in [0, 0.05) is 31.9 Å². The van der Waals surface area contributed by atoms with Gasteiger partial charge in [-0.3, -0.25) is 0 Å². The fourth-order valence-corrected chi connectivity index (χ4v) is 1.35. The highest BCUT2D eigenvalue weighted by atomic mass is 15.1. The van der Waals surface area contributed by atoms with Crippen molar-refractivity contribution in [2.75, 3.05) is 20.6 Å². The van der Waals surface area contributed by atoms with Crippen LogP contribution in [0.1, 0.15) is 12.2 Å². The molecule has 1 aromatic rings. The molecule has 14 heavy (non-hydrogen) atoms. The number of hydrogen-bond acceptors (Lipinski definition) is 3. The SMILES string of the molecule is CN(C)CCC(N)Cc1nccn1C. The average Bonchev–Trinajstić information content (AvgIpc) is 2.49. The van der Waals surface area contributed by atoms with Gasteiger partial charge in [0.15, 0.2) is 0 Å². The summed E-state index contributed by atoms with van der Waals surface area (Å²) in [6.45, 7) is 1.03. The molecule has 2 N–H and O–H groups in total. The molecule has 0 saturated heterocycles. The predicted molar refractivity (Wildman–Crippen MR) is 58.1 cm³/mol. The van der Waals surface area contributed by atoms with Crippen molar-refractivity contribution in [2.45, 2.75) is 18.9 Å². The Morgan fingerprint density at radius 2 is 2.29 bits per heavy atom. The van der Waals surface area contributed by atoms with E-state index in [1.54, 1.807) is 0 Å². The van der Waals surface area contributed by atoms with Gasteiger partial charge in [0.25, 0.3) is 0 Å². The summed E-state index contributed by atoms with van der Waals surface area (Å²) in [6.07, 6.45) is 5.64. The number of aryl methyl sites for hydroxylation is 1. The lowest BCUT2D eigenvalue weighted by Gasteiger charge is -2.14. The molecule has 0 spiro atoms. The van der Waals surface area contributed by atoms with Gasteiger partial charge >= 0.3 is 0 Å². The van der Waals surface area contributed by atoms with E-state index in [0.29, 0.717) is 0 Å². The predicted octanol–water partition coefficient (Wildman–Crippen LogP) is 0.242. The molecule has 0 radical (unpaired) electrons. The van der Waals surface area contributed by atoms with Gasteiger partial charge in [-0.2, -0.15) is 0 Å².